The van der Waals surface area contributed by atoms with Crippen LogP contribution in [0.3, 0.4) is 0 Å². The fraction of sp³-hybridized carbons (Fsp3) is 0.381. The van der Waals surface area contributed by atoms with Crippen molar-refractivity contribution in [2.24, 2.45) is 0 Å². The van der Waals surface area contributed by atoms with Gasteiger partial charge in [0.1, 0.15) is 36.1 Å². The molecule has 8 nitrogen and oxygen atoms in total. The first-order valence-electron chi connectivity index (χ1n) is 9.60. The minimum atomic E-state index is -1.14. The lowest BCUT2D eigenvalue weighted by atomic mass is 10.2. The van der Waals surface area contributed by atoms with Gasteiger partial charge in [-0.1, -0.05) is 33.8 Å². The molecule has 1 heterocycles. The number of hydroxylamine groups is 1. The molecule has 4 N–H and O–H groups in total. The monoisotopic (exact) mass is 420 g/mol. The van der Waals surface area contributed by atoms with Gasteiger partial charge in [0.25, 0.3) is 5.91 Å². The van der Waals surface area contributed by atoms with Gasteiger partial charge in [-0.05, 0) is 36.8 Å². The first kappa shape index (κ1) is 26.9. The number of nitrogens with one attached hydrogen (secondary N) is 2. The molecule has 0 aliphatic heterocycles. The van der Waals surface area contributed by atoms with Crippen LogP contribution in [0.15, 0.2) is 30.3 Å². The number of hydrogen-bond donors (Lipinski definition) is 4. The van der Waals surface area contributed by atoms with E-state index in [1.165, 1.54) is 24.3 Å². The number of aliphatic hydroxyl groups is 2. The highest BCUT2D eigenvalue weighted by Gasteiger charge is 2.16. The van der Waals surface area contributed by atoms with Crippen LogP contribution in [0.4, 0.5) is 15.9 Å². The normalized spacial score (nSPS) is 10.4. The van der Waals surface area contributed by atoms with E-state index in [1.54, 1.807) is 13.0 Å². The Bertz CT molecular complexity index is 840. The lowest BCUT2D eigenvalue weighted by Gasteiger charge is -2.13. The van der Waals surface area contributed by atoms with E-state index in [4.69, 9.17) is 15.2 Å². The third-order valence-corrected chi connectivity index (χ3v) is 3.28. The van der Waals surface area contributed by atoms with Gasteiger partial charge in [-0.2, -0.15) is 5.26 Å². The third-order valence-electron chi connectivity index (χ3n) is 3.28. The highest BCUT2D eigenvalue weighted by Crippen LogP contribution is 2.23. The Hall–Kier alpha value is -3.06. The number of nitrogens with zero attached hydrogens (tertiary/aromatic N) is 2. The van der Waals surface area contributed by atoms with Crippen molar-refractivity contribution in [1.29, 1.82) is 5.26 Å². The van der Waals surface area contributed by atoms with Crippen LogP contribution >= 0.6 is 0 Å². The summed E-state index contributed by atoms with van der Waals surface area (Å²) in [5, 5.41) is 29.6. The van der Waals surface area contributed by atoms with Gasteiger partial charge in [0.2, 0.25) is 0 Å². The standard InChI is InChI=1S/C17H17FN4O4.2C2H6/c1-10-2-5-15(14(18)6-10)21-16-13(4-3-11(7-19)20-16)17(25)22-26-9-12(24)8-23;2*1-2/h2-6,12,23-24H,8-9H2,1H3,(H,20,21)(H,22,25);2*1-2H3. The maximum absolute atomic E-state index is 14.0. The molecule has 2 rings (SSSR count). The summed E-state index contributed by atoms with van der Waals surface area (Å²) in [6, 6.07) is 8.98. The van der Waals surface area contributed by atoms with Crippen LogP contribution in [0.25, 0.3) is 0 Å². The Kier molecular flexibility index (Phi) is 13.4. The Morgan fingerprint density at radius 2 is 1.93 bits per heavy atom. The van der Waals surface area contributed by atoms with Crippen LogP contribution in [0.2, 0.25) is 0 Å². The second kappa shape index (κ2) is 14.9. The number of carbonyl (C=O) groups is 1. The molecular weight excluding hydrogens is 391 g/mol. The van der Waals surface area contributed by atoms with Crippen LogP contribution < -0.4 is 10.8 Å². The molecule has 0 saturated heterocycles. The molecule has 1 amide bonds. The highest BCUT2D eigenvalue weighted by molar-refractivity contribution is 5.98. The van der Waals surface area contributed by atoms with Crippen LogP contribution in [0, 0.1) is 24.1 Å². The zero-order valence-electron chi connectivity index (χ0n) is 17.9. The van der Waals surface area contributed by atoms with Crippen LogP contribution in [-0.2, 0) is 4.84 Å². The summed E-state index contributed by atoms with van der Waals surface area (Å²) in [4.78, 5) is 21.0. The van der Waals surface area contributed by atoms with Gasteiger partial charge >= 0.3 is 0 Å². The largest absolute Gasteiger partial charge is 0.394 e. The number of halogens is 1. The van der Waals surface area contributed by atoms with Crippen LogP contribution in [0.1, 0.15) is 49.3 Å². The first-order valence-corrected chi connectivity index (χ1v) is 9.60. The minimum Gasteiger partial charge on any atom is -0.394 e. The number of aromatic nitrogens is 1. The highest BCUT2D eigenvalue weighted by atomic mass is 19.1. The van der Waals surface area contributed by atoms with Gasteiger partial charge in [0.15, 0.2) is 0 Å². The van der Waals surface area contributed by atoms with E-state index in [1.807, 2.05) is 33.8 Å². The van der Waals surface area contributed by atoms with Crippen molar-refractivity contribution in [3.8, 4) is 6.07 Å². The average Bonchev–Trinajstić information content (AvgIpc) is 2.78. The molecule has 0 bridgehead atoms. The second-order valence-corrected chi connectivity index (χ2v) is 5.39. The van der Waals surface area contributed by atoms with Gasteiger partial charge < -0.3 is 15.5 Å². The van der Waals surface area contributed by atoms with Crippen molar-refractivity contribution in [2.45, 2.75) is 40.7 Å². The van der Waals surface area contributed by atoms with Gasteiger partial charge in [0.05, 0.1) is 17.9 Å². The molecule has 0 spiro atoms. The van der Waals surface area contributed by atoms with Crippen molar-refractivity contribution in [3.63, 3.8) is 0 Å². The second-order valence-electron chi connectivity index (χ2n) is 5.39. The maximum atomic E-state index is 14.0. The van der Waals surface area contributed by atoms with Crippen molar-refractivity contribution in [3.05, 3.63) is 53.0 Å². The number of hydrogen-bond acceptors (Lipinski definition) is 7. The van der Waals surface area contributed by atoms with E-state index in [9.17, 15) is 14.3 Å². The molecule has 30 heavy (non-hydrogen) atoms. The minimum absolute atomic E-state index is 0.00228. The molecule has 164 valence electrons. The van der Waals surface area contributed by atoms with Gasteiger partial charge in [-0.15, -0.1) is 0 Å². The number of pyridine rings is 1. The number of carbonyl (C=O) groups excluding carboxylic acids is 1. The number of aryl methyl sites for hydroxylation is 1. The fourth-order valence-corrected chi connectivity index (χ4v) is 1.96. The zero-order chi connectivity index (χ0) is 23.1. The van der Waals surface area contributed by atoms with E-state index in [0.29, 0.717) is 0 Å². The summed E-state index contributed by atoms with van der Waals surface area (Å²) in [6.45, 7) is 8.90. The average molecular weight is 420 g/mol. The summed E-state index contributed by atoms with van der Waals surface area (Å²) in [5.41, 5.74) is 2.93. The zero-order valence-corrected chi connectivity index (χ0v) is 17.9. The van der Waals surface area contributed by atoms with Crippen molar-refractivity contribution in [2.75, 3.05) is 18.5 Å². The Morgan fingerprint density at radius 3 is 2.50 bits per heavy atom. The molecule has 9 heteroatoms. The molecule has 1 aromatic heterocycles. The smallest absolute Gasteiger partial charge is 0.278 e. The molecule has 0 aliphatic carbocycles. The number of amides is 1. The summed E-state index contributed by atoms with van der Waals surface area (Å²) >= 11 is 0. The summed E-state index contributed by atoms with van der Waals surface area (Å²) < 4.78 is 14.0. The SMILES string of the molecule is CC.CC.Cc1ccc(Nc2nc(C#N)ccc2C(=O)NOCC(O)CO)c(F)c1. The van der Waals surface area contributed by atoms with Crippen molar-refractivity contribution < 1.29 is 24.2 Å². The Labute approximate surface area is 176 Å². The fourth-order valence-electron chi connectivity index (χ4n) is 1.96. The molecular formula is C21H29FN4O4. The lowest BCUT2D eigenvalue weighted by molar-refractivity contribution is -0.0295. The quantitative estimate of drug-likeness (QED) is 0.506. The molecule has 0 aliphatic rings. The summed E-state index contributed by atoms with van der Waals surface area (Å²) in [7, 11) is 0. The van der Waals surface area contributed by atoms with Crippen molar-refractivity contribution in [1.82, 2.24) is 10.5 Å². The summed E-state index contributed by atoms with van der Waals surface area (Å²) in [6.07, 6.45) is -1.14. The van der Waals surface area contributed by atoms with Gasteiger partial charge in [-0.3, -0.25) is 9.63 Å². The number of aliphatic hydroxyl groups excluding tert-OH is 2. The molecule has 1 atom stereocenters. The molecule has 0 saturated carbocycles. The van der Waals surface area contributed by atoms with Crippen LogP contribution in [0.5, 0.6) is 0 Å². The number of rotatable bonds is 7. The van der Waals surface area contributed by atoms with Gasteiger partial charge in [0, 0.05) is 0 Å². The topological polar surface area (TPSA) is 128 Å². The predicted molar refractivity (Wildman–Crippen MR) is 113 cm³/mol. The number of nitriles is 1. The molecule has 0 fully saturated rings. The molecule has 1 aromatic carbocycles. The number of anilines is 2. The van der Waals surface area contributed by atoms with Gasteiger partial charge in [-0.25, -0.2) is 14.9 Å². The Morgan fingerprint density at radius 1 is 1.27 bits per heavy atom. The molecule has 2 aromatic rings. The van der Waals surface area contributed by atoms with Crippen molar-refractivity contribution >= 4 is 17.4 Å². The van der Waals surface area contributed by atoms with Crippen LogP contribution in [-0.4, -0.2) is 40.4 Å². The number of benzene rings is 1. The lowest BCUT2D eigenvalue weighted by Crippen LogP contribution is -2.30. The Balaban J connectivity index is 0.00000198. The van der Waals surface area contributed by atoms with E-state index < -0.39 is 24.4 Å². The van der Waals surface area contributed by atoms with E-state index in [2.05, 4.69) is 15.8 Å². The third kappa shape index (κ3) is 8.53. The predicted octanol–water partition coefficient (Wildman–Crippen LogP) is 3.21. The summed E-state index contributed by atoms with van der Waals surface area (Å²) in [5.74, 6) is -1.29. The van der Waals surface area contributed by atoms with E-state index in [0.717, 1.165) is 5.56 Å². The molecule has 0 radical (unpaired) electrons. The van der Waals surface area contributed by atoms with E-state index >= 15 is 0 Å². The molecule has 1 unspecified atom stereocenters. The first-order chi connectivity index (χ1) is 14.4. The van der Waals surface area contributed by atoms with E-state index in [-0.39, 0.29) is 29.4 Å². The maximum Gasteiger partial charge on any atom is 0.278 e.